The number of amides is 2. The Labute approximate surface area is 202 Å². The van der Waals surface area contributed by atoms with Gasteiger partial charge in [0.1, 0.15) is 10.6 Å². The molecule has 0 heterocycles. The molecule has 0 aliphatic heterocycles. The molecule has 0 radical (unpaired) electrons. The van der Waals surface area contributed by atoms with Gasteiger partial charge in [0, 0.05) is 19.1 Å². The number of carbonyl (C=O) groups is 1. The molecule has 1 N–H and O–H groups in total. The zero-order valence-corrected chi connectivity index (χ0v) is 19.9. The van der Waals surface area contributed by atoms with Crippen LogP contribution in [0.4, 0.5) is 18.0 Å². The first-order valence-electron chi connectivity index (χ1n) is 10.7. The van der Waals surface area contributed by atoms with E-state index in [1.165, 1.54) is 12.1 Å². The van der Waals surface area contributed by atoms with E-state index >= 15 is 0 Å². The fourth-order valence-electron chi connectivity index (χ4n) is 3.26. The van der Waals surface area contributed by atoms with Crippen LogP contribution in [0.3, 0.4) is 0 Å². The van der Waals surface area contributed by atoms with Gasteiger partial charge in [-0.15, -0.1) is 0 Å². The molecule has 10 heteroatoms. The Morgan fingerprint density at radius 3 is 2.26 bits per heavy atom. The number of nitrogens with zero attached hydrogens (tertiary/aromatic N) is 1. The summed E-state index contributed by atoms with van der Waals surface area (Å²) in [4.78, 5) is 13.7. The smallest absolute Gasteiger partial charge is 0.379 e. The van der Waals surface area contributed by atoms with Crippen LogP contribution in [0.25, 0.3) is 0 Å². The number of hydrogen-bond donors (Lipinski definition) is 1. The van der Waals surface area contributed by atoms with Gasteiger partial charge >= 0.3 is 22.3 Å². The Hall–Kier alpha value is -3.53. The van der Waals surface area contributed by atoms with E-state index in [1.54, 1.807) is 17.0 Å². The molecular formula is C25H25F3N2O4S. The highest BCUT2D eigenvalue weighted by Crippen LogP contribution is 2.31. The van der Waals surface area contributed by atoms with Gasteiger partial charge in [0.15, 0.2) is 0 Å². The molecule has 0 saturated carbocycles. The average molecular weight is 507 g/mol. The number of rotatable bonds is 8. The Morgan fingerprint density at radius 2 is 1.60 bits per heavy atom. The van der Waals surface area contributed by atoms with Crippen molar-refractivity contribution in [2.24, 2.45) is 0 Å². The average Bonchev–Trinajstić information content (AvgIpc) is 2.81. The molecule has 186 valence electrons. The van der Waals surface area contributed by atoms with Crippen LogP contribution in [-0.2, 0) is 29.4 Å². The van der Waals surface area contributed by atoms with Crippen LogP contribution in [0.2, 0.25) is 0 Å². The molecule has 3 aromatic carbocycles. The van der Waals surface area contributed by atoms with Crippen molar-refractivity contribution < 1.29 is 30.6 Å². The zero-order chi connectivity index (χ0) is 25.6. The third-order valence-electron chi connectivity index (χ3n) is 5.08. The summed E-state index contributed by atoms with van der Waals surface area (Å²) in [6.45, 7) is 4.21. The molecule has 0 bridgehead atoms. The Morgan fingerprint density at radius 1 is 0.943 bits per heavy atom. The highest BCUT2D eigenvalue weighted by molar-refractivity contribution is 7.87. The van der Waals surface area contributed by atoms with Gasteiger partial charge in [-0.2, -0.15) is 21.6 Å². The topological polar surface area (TPSA) is 75.7 Å². The van der Waals surface area contributed by atoms with Gasteiger partial charge in [0.2, 0.25) is 0 Å². The molecule has 6 nitrogen and oxygen atoms in total. The monoisotopic (exact) mass is 506 g/mol. The normalized spacial score (nSPS) is 11.8. The summed E-state index contributed by atoms with van der Waals surface area (Å²) in [6, 6.07) is 18.4. The van der Waals surface area contributed by atoms with E-state index < -0.39 is 26.8 Å². The van der Waals surface area contributed by atoms with Gasteiger partial charge < -0.3 is 14.4 Å². The van der Waals surface area contributed by atoms with Crippen LogP contribution in [-0.4, -0.2) is 25.4 Å². The minimum absolute atomic E-state index is 0.0756. The van der Waals surface area contributed by atoms with E-state index in [-0.39, 0.29) is 24.4 Å². The fraction of sp³-hybridized carbons (Fsp3) is 0.240. The SMILES string of the molecule is CC(C)N(Cc1cccc(OS(=O)(=O)c2cccc(C(F)(F)F)c2)c1)C(=O)NCc1ccccc1. The van der Waals surface area contributed by atoms with Crippen LogP contribution in [0.15, 0.2) is 83.8 Å². The van der Waals surface area contributed by atoms with E-state index in [2.05, 4.69) is 5.32 Å². The number of alkyl halides is 3. The van der Waals surface area contributed by atoms with Crippen LogP contribution in [0, 0.1) is 0 Å². The number of nitrogens with one attached hydrogen (secondary N) is 1. The summed E-state index contributed by atoms with van der Waals surface area (Å²) in [6.07, 6.45) is -4.69. The van der Waals surface area contributed by atoms with Crippen molar-refractivity contribution in [1.82, 2.24) is 10.2 Å². The van der Waals surface area contributed by atoms with Crippen molar-refractivity contribution in [3.05, 3.63) is 95.6 Å². The van der Waals surface area contributed by atoms with Gasteiger partial charge in [0.05, 0.1) is 5.56 Å². The second kappa shape index (κ2) is 10.8. The summed E-state index contributed by atoms with van der Waals surface area (Å²) in [5, 5.41) is 2.86. The number of hydrogen-bond acceptors (Lipinski definition) is 4. The number of urea groups is 1. The maximum absolute atomic E-state index is 13.0. The van der Waals surface area contributed by atoms with Crippen molar-refractivity contribution in [2.75, 3.05) is 0 Å². The lowest BCUT2D eigenvalue weighted by Gasteiger charge is -2.27. The van der Waals surface area contributed by atoms with Gasteiger partial charge in [0.25, 0.3) is 0 Å². The summed E-state index contributed by atoms with van der Waals surface area (Å²) in [7, 11) is -4.51. The van der Waals surface area contributed by atoms with Gasteiger partial charge in [-0.25, -0.2) is 4.79 Å². The first-order valence-corrected chi connectivity index (χ1v) is 12.2. The summed E-state index contributed by atoms with van der Waals surface area (Å²) in [5.74, 6) is -0.0756. The third kappa shape index (κ3) is 7.22. The molecule has 0 fully saturated rings. The second-order valence-corrected chi connectivity index (χ2v) is 9.62. The molecule has 3 rings (SSSR count). The van der Waals surface area contributed by atoms with Crippen molar-refractivity contribution in [3.63, 3.8) is 0 Å². The molecule has 0 unspecified atom stereocenters. The summed E-state index contributed by atoms with van der Waals surface area (Å²) < 4.78 is 69.2. The summed E-state index contributed by atoms with van der Waals surface area (Å²) >= 11 is 0. The minimum Gasteiger partial charge on any atom is -0.379 e. The third-order valence-corrected chi connectivity index (χ3v) is 6.32. The Bertz CT molecular complexity index is 1260. The van der Waals surface area contributed by atoms with Gasteiger partial charge in [-0.05, 0) is 55.3 Å². The highest BCUT2D eigenvalue weighted by Gasteiger charge is 2.32. The molecule has 0 aliphatic rings. The van der Waals surface area contributed by atoms with Crippen molar-refractivity contribution in [1.29, 1.82) is 0 Å². The maximum Gasteiger partial charge on any atom is 0.416 e. The van der Waals surface area contributed by atoms with E-state index in [9.17, 15) is 26.4 Å². The molecule has 0 aliphatic carbocycles. The molecule has 0 aromatic heterocycles. The van der Waals surface area contributed by atoms with Crippen molar-refractivity contribution in [3.8, 4) is 5.75 Å². The largest absolute Gasteiger partial charge is 0.416 e. The molecule has 3 aromatic rings. The first kappa shape index (κ1) is 26.1. The van der Waals surface area contributed by atoms with E-state index in [1.807, 2.05) is 44.2 Å². The summed E-state index contributed by atoms with van der Waals surface area (Å²) in [5.41, 5.74) is 0.440. The quantitative estimate of drug-likeness (QED) is 0.404. The molecule has 0 spiro atoms. The number of carbonyl (C=O) groups excluding carboxylic acids is 1. The molecule has 0 atom stereocenters. The lowest BCUT2D eigenvalue weighted by molar-refractivity contribution is -0.137. The second-order valence-electron chi connectivity index (χ2n) is 8.08. The Balaban J connectivity index is 1.73. The highest BCUT2D eigenvalue weighted by atomic mass is 32.2. The van der Waals surface area contributed by atoms with Crippen molar-refractivity contribution >= 4 is 16.1 Å². The van der Waals surface area contributed by atoms with Gasteiger partial charge in [-0.1, -0.05) is 48.5 Å². The van der Waals surface area contributed by atoms with E-state index in [4.69, 9.17) is 4.18 Å². The lowest BCUT2D eigenvalue weighted by Crippen LogP contribution is -2.43. The predicted molar refractivity (Wildman–Crippen MR) is 125 cm³/mol. The number of benzene rings is 3. The van der Waals surface area contributed by atoms with Crippen LogP contribution >= 0.6 is 0 Å². The van der Waals surface area contributed by atoms with Crippen LogP contribution in [0.1, 0.15) is 30.5 Å². The molecule has 35 heavy (non-hydrogen) atoms. The minimum atomic E-state index is -4.69. The lowest BCUT2D eigenvalue weighted by atomic mass is 10.2. The zero-order valence-electron chi connectivity index (χ0n) is 19.1. The van der Waals surface area contributed by atoms with Crippen LogP contribution < -0.4 is 9.50 Å². The van der Waals surface area contributed by atoms with Crippen LogP contribution in [0.5, 0.6) is 5.75 Å². The molecule has 2 amide bonds. The predicted octanol–water partition coefficient (Wildman–Crippen LogP) is 5.59. The van der Waals surface area contributed by atoms with Gasteiger partial charge in [-0.3, -0.25) is 0 Å². The Kier molecular flexibility index (Phi) is 8.06. The fourth-order valence-corrected chi connectivity index (χ4v) is 4.23. The first-order chi connectivity index (χ1) is 16.5. The molecular weight excluding hydrogens is 481 g/mol. The van der Waals surface area contributed by atoms with Crippen molar-refractivity contribution in [2.45, 2.75) is 44.1 Å². The standard InChI is InChI=1S/C25H25F3N2O4S/c1-18(2)30(24(31)29-16-19-8-4-3-5-9-19)17-20-10-6-12-22(14-20)34-35(32,33)23-13-7-11-21(15-23)25(26,27)28/h3-15,18H,16-17H2,1-2H3,(H,29,31). The van der Waals surface area contributed by atoms with E-state index in [0.29, 0.717) is 18.2 Å². The maximum atomic E-state index is 13.0. The van der Waals surface area contributed by atoms with E-state index in [0.717, 1.165) is 23.8 Å². The number of halogens is 3. The molecule has 0 saturated heterocycles.